The van der Waals surface area contributed by atoms with Crippen LogP contribution in [0.15, 0.2) is 24.3 Å². The average molecular weight is 542 g/mol. The molecule has 206 valence electrons. The van der Waals surface area contributed by atoms with Gasteiger partial charge in [0.05, 0.1) is 30.2 Å². The van der Waals surface area contributed by atoms with Gasteiger partial charge in [-0.3, -0.25) is 9.59 Å². The molecule has 2 fully saturated rings. The molecule has 2 atom stereocenters. The number of Topliss-reactive ketones (excluding diaryl/α,β-unsaturated/α-hetero) is 1. The summed E-state index contributed by atoms with van der Waals surface area (Å²) in [6.07, 6.45) is -2.74. The molecule has 1 aliphatic carbocycles. The van der Waals surface area contributed by atoms with Crippen molar-refractivity contribution in [1.29, 1.82) is 5.26 Å². The zero-order valence-electron chi connectivity index (χ0n) is 21.8. The van der Waals surface area contributed by atoms with Crippen molar-refractivity contribution in [3.05, 3.63) is 41.1 Å². The Kier molecular flexibility index (Phi) is 7.25. The third-order valence-electron chi connectivity index (χ3n) is 7.71. The first-order valence-corrected chi connectivity index (χ1v) is 13.1. The number of halogens is 3. The second-order valence-corrected chi connectivity index (χ2v) is 10.4. The number of nitriles is 1. The maximum absolute atomic E-state index is 13.2. The highest BCUT2D eigenvalue weighted by Gasteiger charge is 2.46. The molecule has 0 radical (unpaired) electrons. The lowest BCUT2D eigenvalue weighted by Crippen LogP contribution is -2.54. The first-order chi connectivity index (χ1) is 18.6. The summed E-state index contributed by atoms with van der Waals surface area (Å²) in [6, 6.07) is 9.04. The van der Waals surface area contributed by atoms with E-state index in [-0.39, 0.29) is 24.4 Å². The molecule has 0 bridgehead atoms. The smallest absolute Gasteiger partial charge is 0.384 e. The van der Waals surface area contributed by atoms with Gasteiger partial charge < -0.3 is 19.9 Å². The van der Waals surface area contributed by atoms with Crippen LogP contribution >= 0.6 is 0 Å². The van der Waals surface area contributed by atoms with Gasteiger partial charge in [0.25, 0.3) is 0 Å². The number of methoxy groups -OCH3 is 1. The van der Waals surface area contributed by atoms with Crippen molar-refractivity contribution in [1.82, 2.24) is 9.88 Å². The number of carbonyl (C=O) groups excluding carboxylic acids is 2. The van der Waals surface area contributed by atoms with E-state index in [0.717, 1.165) is 18.5 Å². The highest BCUT2D eigenvalue weighted by atomic mass is 19.4. The predicted molar refractivity (Wildman–Crippen MR) is 139 cm³/mol. The van der Waals surface area contributed by atoms with Crippen LogP contribution in [0.2, 0.25) is 0 Å². The van der Waals surface area contributed by atoms with E-state index >= 15 is 0 Å². The van der Waals surface area contributed by atoms with Crippen molar-refractivity contribution in [2.24, 2.45) is 0 Å². The molecular formula is C28H30F3N5O3. The second-order valence-electron chi connectivity index (χ2n) is 10.4. The molecule has 3 aliphatic rings. The number of aromatic nitrogens is 1. The van der Waals surface area contributed by atoms with Crippen molar-refractivity contribution in [3.8, 4) is 17.2 Å². The molecule has 1 saturated heterocycles. The number of carbonyl (C=O) groups is 2. The number of hydrogen-bond acceptors (Lipinski definition) is 7. The van der Waals surface area contributed by atoms with Gasteiger partial charge in [0.1, 0.15) is 11.9 Å². The summed E-state index contributed by atoms with van der Waals surface area (Å²) in [7, 11) is 1.56. The summed E-state index contributed by atoms with van der Waals surface area (Å²) in [5.74, 6) is -2.29. The van der Waals surface area contributed by atoms with Gasteiger partial charge in [-0.15, -0.1) is 0 Å². The third-order valence-corrected chi connectivity index (χ3v) is 7.71. The van der Waals surface area contributed by atoms with Crippen LogP contribution in [-0.2, 0) is 14.3 Å². The van der Waals surface area contributed by atoms with E-state index in [9.17, 15) is 28.0 Å². The molecule has 3 heterocycles. The number of nitrogens with one attached hydrogen (secondary N) is 1. The van der Waals surface area contributed by atoms with Crippen molar-refractivity contribution >= 4 is 23.2 Å². The fourth-order valence-corrected chi connectivity index (χ4v) is 5.53. The molecule has 2 aliphatic heterocycles. The van der Waals surface area contributed by atoms with Crippen molar-refractivity contribution in [2.75, 3.05) is 50.1 Å². The van der Waals surface area contributed by atoms with Crippen LogP contribution in [0.1, 0.15) is 54.8 Å². The lowest BCUT2D eigenvalue weighted by Gasteiger charge is -2.41. The Hall–Kier alpha value is -3.65. The van der Waals surface area contributed by atoms with E-state index in [4.69, 9.17) is 9.72 Å². The van der Waals surface area contributed by atoms with E-state index < -0.39 is 17.9 Å². The summed E-state index contributed by atoms with van der Waals surface area (Å²) in [5.41, 5.74) is 3.32. The number of amides is 1. The average Bonchev–Trinajstić information content (AvgIpc) is 3.68. The van der Waals surface area contributed by atoms with Gasteiger partial charge in [0.15, 0.2) is 0 Å². The summed E-state index contributed by atoms with van der Waals surface area (Å²) in [5, 5.41) is 13.0. The molecule has 1 N–H and O–H groups in total. The topological polar surface area (TPSA) is 98.6 Å². The number of ether oxygens (including phenoxy) is 1. The minimum absolute atomic E-state index is 0.0277. The monoisotopic (exact) mass is 541 g/mol. The summed E-state index contributed by atoms with van der Waals surface area (Å²) in [6.45, 7) is 3.78. The first kappa shape index (κ1) is 26.9. The molecule has 2 aromatic rings. The number of piperazine rings is 1. The first-order valence-electron chi connectivity index (χ1n) is 13.1. The number of ketones is 1. The molecular weight excluding hydrogens is 511 g/mol. The molecule has 2 unspecified atom stereocenters. The molecule has 11 heteroatoms. The molecule has 8 nitrogen and oxygen atoms in total. The lowest BCUT2D eigenvalue weighted by molar-refractivity contribution is -0.172. The maximum Gasteiger partial charge on any atom is 0.450 e. The SMILES string of the molecule is COCCC(=O)N1CCN(c2nc(C3CC3)c(-c3ccc4c(c3)C(C(=O)C(F)(F)F)CN4)cc2C#N)CC1C. The second kappa shape index (κ2) is 10.5. The Morgan fingerprint density at radius 3 is 2.64 bits per heavy atom. The Labute approximate surface area is 224 Å². The Morgan fingerprint density at radius 1 is 1.23 bits per heavy atom. The van der Waals surface area contributed by atoms with E-state index in [0.29, 0.717) is 66.4 Å². The standard InChI is InChI=1S/C28H30F3N5O3/c1-16-15-35(8-9-36(16)24(37)7-10-39-2)27-19(13-32)12-20(25(34-27)17-3-4-17)18-5-6-23-21(11-18)22(14-33-23)26(38)28(29,30)31/h5-6,11-12,16-17,22,33H,3-4,7-10,14-15H2,1-2H3. The molecule has 39 heavy (non-hydrogen) atoms. The number of alkyl halides is 3. The molecule has 1 amide bonds. The van der Waals surface area contributed by atoms with Gasteiger partial charge in [0, 0.05) is 56.5 Å². The number of rotatable bonds is 7. The highest BCUT2D eigenvalue weighted by molar-refractivity contribution is 5.94. The summed E-state index contributed by atoms with van der Waals surface area (Å²) >= 11 is 0. The summed E-state index contributed by atoms with van der Waals surface area (Å²) in [4.78, 5) is 33.5. The predicted octanol–water partition coefficient (Wildman–Crippen LogP) is 4.21. The number of fused-ring (bicyclic) bond motifs is 1. The Balaban J connectivity index is 1.46. The molecule has 1 aromatic carbocycles. The van der Waals surface area contributed by atoms with Crippen LogP contribution in [0.5, 0.6) is 0 Å². The number of anilines is 2. The van der Waals surface area contributed by atoms with E-state index in [2.05, 4.69) is 11.4 Å². The van der Waals surface area contributed by atoms with E-state index in [1.807, 2.05) is 16.7 Å². The molecule has 1 saturated carbocycles. The molecule has 1 aromatic heterocycles. The van der Waals surface area contributed by atoms with Crippen molar-refractivity contribution < 1.29 is 27.5 Å². The fourth-order valence-electron chi connectivity index (χ4n) is 5.53. The van der Waals surface area contributed by atoms with Gasteiger partial charge in [-0.1, -0.05) is 6.07 Å². The minimum Gasteiger partial charge on any atom is -0.384 e. The quantitative estimate of drug-likeness (QED) is 0.561. The zero-order chi connectivity index (χ0) is 27.9. The van der Waals surface area contributed by atoms with Crippen LogP contribution < -0.4 is 10.2 Å². The number of pyridine rings is 1. The van der Waals surface area contributed by atoms with E-state index in [1.165, 1.54) is 0 Å². The van der Waals surface area contributed by atoms with Crippen LogP contribution in [0.25, 0.3) is 11.1 Å². The minimum atomic E-state index is -4.92. The van der Waals surface area contributed by atoms with E-state index in [1.54, 1.807) is 31.4 Å². The fraction of sp³-hybridized carbons (Fsp3) is 0.500. The van der Waals surface area contributed by atoms with Crippen LogP contribution in [-0.4, -0.2) is 73.7 Å². The van der Waals surface area contributed by atoms with Gasteiger partial charge >= 0.3 is 6.18 Å². The highest BCUT2D eigenvalue weighted by Crippen LogP contribution is 2.46. The van der Waals surface area contributed by atoms with Gasteiger partial charge in [-0.2, -0.15) is 18.4 Å². The Bertz CT molecular complexity index is 1330. The van der Waals surface area contributed by atoms with Gasteiger partial charge in [-0.25, -0.2) is 4.98 Å². The summed E-state index contributed by atoms with van der Waals surface area (Å²) < 4.78 is 44.7. The van der Waals surface area contributed by atoms with Crippen LogP contribution in [0.3, 0.4) is 0 Å². The maximum atomic E-state index is 13.2. The normalized spacial score (nSPS) is 20.8. The van der Waals surface area contributed by atoms with Crippen molar-refractivity contribution in [2.45, 2.75) is 50.2 Å². The number of hydrogen-bond donors (Lipinski definition) is 1. The third kappa shape index (κ3) is 5.30. The zero-order valence-corrected chi connectivity index (χ0v) is 21.8. The number of nitrogens with zero attached hydrogens (tertiary/aromatic N) is 4. The van der Waals surface area contributed by atoms with Crippen LogP contribution in [0, 0.1) is 11.3 Å². The number of benzene rings is 1. The van der Waals surface area contributed by atoms with Gasteiger partial charge in [-0.05, 0) is 49.1 Å². The largest absolute Gasteiger partial charge is 0.450 e. The lowest BCUT2D eigenvalue weighted by atomic mass is 9.91. The van der Waals surface area contributed by atoms with Gasteiger partial charge in [0.2, 0.25) is 11.7 Å². The Morgan fingerprint density at radius 2 is 2.00 bits per heavy atom. The van der Waals surface area contributed by atoms with Crippen molar-refractivity contribution in [3.63, 3.8) is 0 Å². The van der Waals surface area contributed by atoms with Crippen LogP contribution in [0.4, 0.5) is 24.7 Å². The molecule has 5 rings (SSSR count). The molecule has 0 spiro atoms.